The first-order valence-electron chi connectivity index (χ1n) is 33.6. The summed E-state index contributed by atoms with van der Waals surface area (Å²) < 4.78 is 185. The predicted octanol–water partition coefficient (Wildman–Crippen LogP) is 14.3. The zero-order valence-electron chi connectivity index (χ0n) is 57.9. The van der Waals surface area contributed by atoms with Gasteiger partial charge in [0.15, 0.2) is 0 Å². The summed E-state index contributed by atoms with van der Waals surface area (Å²) in [6, 6.07) is 55.9. The second-order valence-electron chi connectivity index (χ2n) is 26.1. The Balaban J connectivity index is 0.00000504. The van der Waals surface area contributed by atoms with Crippen molar-refractivity contribution in [1.82, 2.24) is 39.9 Å². The number of rotatable bonds is 13. The van der Waals surface area contributed by atoms with Crippen LogP contribution < -0.4 is 19.9 Å². The van der Waals surface area contributed by atoms with Gasteiger partial charge in [-0.05, 0) is 205 Å². The summed E-state index contributed by atoms with van der Waals surface area (Å²) in [6.45, 7) is 1.96. The molecule has 0 fully saturated rings. The Labute approximate surface area is 666 Å². The van der Waals surface area contributed by atoms with Crippen molar-refractivity contribution in [3.05, 3.63) is 270 Å². The van der Waals surface area contributed by atoms with E-state index in [1.54, 1.807) is 72.9 Å². The van der Waals surface area contributed by atoms with Gasteiger partial charge >= 0.3 is 34.1 Å². The Morgan fingerprint density at radius 3 is 0.460 bits per heavy atom. The van der Waals surface area contributed by atoms with Crippen molar-refractivity contribution in [1.29, 1.82) is 0 Å². The zero-order valence-corrected chi connectivity index (χ0v) is 64.3. The molecule has 7 aromatic carbocycles. The fraction of sp³-hybridized carbons (Fsp3) is 0.0120. The van der Waals surface area contributed by atoms with E-state index in [0.29, 0.717) is 173 Å². The van der Waals surface area contributed by atoms with Crippen molar-refractivity contribution >= 4 is 143 Å². The molecule has 0 atom stereocenters. The molecule has 558 valence electrons. The molecule has 16 bridgehead atoms. The van der Waals surface area contributed by atoms with Crippen molar-refractivity contribution in [3.63, 3.8) is 0 Å². The summed E-state index contributed by atoms with van der Waals surface area (Å²) in [5.41, 5.74) is 14.5. The van der Waals surface area contributed by atoms with Crippen LogP contribution in [0.5, 0.6) is 0 Å². The van der Waals surface area contributed by atoms with Gasteiger partial charge in [-0.1, -0.05) is 163 Å². The van der Waals surface area contributed by atoms with Gasteiger partial charge in [0.05, 0.1) is 70.0 Å². The molecule has 13 aromatic rings. The third-order valence-corrected chi connectivity index (χ3v) is 23.4. The number of fused-ring (bicyclic) bond motifs is 16. The second kappa shape index (κ2) is 29.1. The number of hydrogen-bond acceptors (Lipinski definition) is 19. The normalized spacial score (nSPS) is 12.8. The molecule has 4 aliphatic heterocycles. The molecule has 30 heteroatoms. The first-order valence-corrected chi connectivity index (χ1v) is 40.7. The fourth-order valence-corrected chi connectivity index (χ4v) is 16.4. The van der Waals surface area contributed by atoms with Crippen LogP contribution in [0.25, 0.3) is 182 Å². The average molecular weight is 1670 g/mol. The van der Waals surface area contributed by atoms with Crippen LogP contribution in [0, 0.1) is 6.92 Å². The number of nitrogens with zero attached hydrogens (tertiary/aromatic N) is 8. The smallest absolute Gasteiger partial charge is 0.744 e. The van der Waals surface area contributed by atoms with E-state index in [4.69, 9.17) is 39.9 Å². The van der Waals surface area contributed by atoms with Gasteiger partial charge in [-0.25, -0.2) is 62.0 Å². The van der Waals surface area contributed by atoms with Crippen molar-refractivity contribution in [2.45, 2.75) is 31.4 Å². The van der Waals surface area contributed by atoms with Crippen LogP contribution in [-0.2, 0) is 84.7 Å². The van der Waals surface area contributed by atoms with Crippen molar-refractivity contribution in [2.75, 3.05) is 0 Å². The molecule has 4 aliphatic rings. The molecule has 2 radical (unpaired) electrons. The fourth-order valence-electron chi connectivity index (χ4n) is 14.0. The van der Waals surface area contributed by atoms with Crippen LogP contribution in [0.2, 0.25) is 0 Å². The Bertz CT molecular complexity index is 7130. The van der Waals surface area contributed by atoms with Crippen molar-refractivity contribution in [2.24, 2.45) is 0 Å². The summed E-state index contributed by atoms with van der Waals surface area (Å²) >= 11 is 0. The standard InChI is InChI=1S/C83H52N8O15S5.2Mn/c1-46-2-4-47(5-3-46)76-60-30-36-66(84-60)79(50-10-20-55(21-11-50)107(92,93)94)68-38-32-62(86-68)77(63-33-39-69(87-63)80(67-37-31-61(76)85-67)51-12-22-56(23-13-51)108(95,96)97)48-6-8-49(9-7-48)78-64-34-40-70(88-64)81(52-14-24-57(25-15-52)109(98,99)100)72-42-44-74(90-72)83(54-18-28-59(29-19-54)111(104,105)106)75-45-43-73(91-75)82(71-41-35-65(78)89-71)53-16-26-58(27-17-53)110(101,102)103;;/h2-45H,1H3,(H,92,93,94)(H,95,96,97)(H,98,99,100)(H,101,102,103)(H,104,105,106);;/q-4;2*+2/p-5. The maximum Gasteiger partial charge on any atom is 2.00 e. The summed E-state index contributed by atoms with van der Waals surface area (Å²) in [5.74, 6) is 0. The number of aromatic nitrogens is 8. The van der Waals surface area contributed by atoms with Gasteiger partial charge in [0.25, 0.3) is 0 Å². The quantitative estimate of drug-likeness (QED) is 0.0764. The topological polar surface area (TPSA) is 394 Å². The van der Waals surface area contributed by atoms with Gasteiger partial charge in [0.1, 0.15) is 50.6 Å². The van der Waals surface area contributed by atoms with E-state index in [9.17, 15) is 64.9 Å². The summed E-state index contributed by atoms with van der Waals surface area (Å²) in [7, 11) is -24.5. The van der Waals surface area contributed by atoms with Crippen molar-refractivity contribution < 1.29 is 99.0 Å². The third-order valence-electron chi connectivity index (χ3n) is 19.2. The summed E-state index contributed by atoms with van der Waals surface area (Å²) in [5, 5.41) is 0. The molecule has 0 unspecified atom stereocenters. The van der Waals surface area contributed by atoms with Crippen LogP contribution in [0.1, 0.15) is 51.1 Å². The first-order chi connectivity index (χ1) is 53.0. The van der Waals surface area contributed by atoms with E-state index in [-0.39, 0.29) is 34.1 Å². The Hall–Kier alpha value is -11.7. The molecule has 0 aliphatic carbocycles. The van der Waals surface area contributed by atoms with Gasteiger partial charge in [-0.15, -0.1) is 44.1 Å². The third kappa shape index (κ3) is 14.8. The molecule has 6 aromatic heterocycles. The molecule has 23 nitrogen and oxygen atoms in total. The molecular weight excluding hydrogens is 1620 g/mol. The number of benzene rings is 7. The maximum atomic E-state index is 12.4. The van der Waals surface area contributed by atoms with Crippen LogP contribution in [0.4, 0.5) is 0 Å². The predicted molar refractivity (Wildman–Crippen MR) is 415 cm³/mol. The molecule has 0 saturated heterocycles. The minimum atomic E-state index is -4.91. The van der Waals surface area contributed by atoms with E-state index in [0.717, 1.165) is 23.3 Å². The molecular formula is C83H47Mn2N8O15S5-5. The minimum Gasteiger partial charge on any atom is -0.744 e. The Kier molecular flexibility index (Phi) is 19.8. The largest absolute Gasteiger partial charge is 2.00 e. The van der Waals surface area contributed by atoms with E-state index in [1.807, 2.05) is 79.7 Å². The molecule has 0 N–H and O–H groups in total. The minimum absolute atomic E-state index is 0. The van der Waals surface area contributed by atoms with Gasteiger partial charge in [-0.2, -0.15) is 0 Å². The van der Waals surface area contributed by atoms with Crippen LogP contribution in [0.3, 0.4) is 0 Å². The van der Waals surface area contributed by atoms with E-state index >= 15 is 0 Å². The monoisotopic (exact) mass is 1670 g/mol. The molecule has 113 heavy (non-hydrogen) atoms. The zero-order chi connectivity index (χ0) is 77.2. The van der Waals surface area contributed by atoms with E-state index in [2.05, 4.69) is 0 Å². The number of aryl methyl sites for hydroxylation is 1. The molecule has 0 amide bonds. The second-order valence-corrected chi connectivity index (χ2v) is 33.0. The number of hydrogen-bond donors (Lipinski definition) is 0. The van der Waals surface area contributed by atoms with Crippen LogP contribution >= 0.6 is 0 Å². The van der Waals surface area contributed by atoms with Crippen LogP contribution in [0.15, 0.2) is 243 Å². The SMILES string of the molecule is Cc1ccc(-c2c3nc(c(-c4ccc(S(=O)(=O)[O-])cc4)c4ccc([n-]4)c(-c4ccc(-c5c6nc(c(-c7ccc(S(=O)(=O)[O-])cc7)c7ccc([n-]7)c(-c7ccc(S(=O)(=O)[O-])cc7)c7nc(c(-c8ccc(S(=O)(=O)[O-])cc8)c8ccc5[n-]8)C=C7)C=C6)cc4)c4nc(c(-c5ccc(S(=O)(=O)[O-])cc5)c5ccc2[n-]5)C=C4)C=C3)cc1.[Mn+2].[Mn+2]. The van der Waals surface area contributed by atoms with Crippen molar-refractivity contribution in [3.8, 4) is 89.0 Å². The van der Waals surface area contributed by atoms with Crippen LogP contribution in [-0.4, -0.2) is 84.8 Å². The van der Waals surface area contributed by atoms with Gasteiger partial charge in [0, 0.05) is 0 Å². The average Bonchev–Trinajstić information content (AvgIpc) is 1.62. The van der Waals surface area contributed by atoms with E-state index in [1.165, 1.54) is 109 Å². The summed E-state index contributed by atoms with van der Waals surface area (Å²) in [4.78, 5) is 39.8. The molecule has 0 saturated carbocycles. The van der Waals surface area contributed by atoms with Gasteiger partial charge in [0.2, 0.25) is 0 Å². The first kappa shape index (κ1) is 76.7. The maximum absolute atomic E-state index is 12.4. The Morgan fingerprint density at radius 1 is 0.204 bits per heavy atom. The molecule has 10 heterocycles. The molecule has 17 rings (SSSR count). The Morgan fingerprint density at radius 2 is 0.327 bits per heavy atom. The van der Waals surface area contributed by atoms with Gasteiger partial charge < -0.3 is 42.7 Å². The molecule has 0 spiro atoms. The summed E-state index contributed by atoms with van der Waals surface area (Å²) in [6.07, 6.45) is 14.1. The van der Waals surface area contributed by atoms with Gasteiger partial charge in [-0.3, -0.25) is 0 Å². The van der Waals surface area contributed by atoms with E-state index < -0.39 is 75.1 Å².